The molecule has 8 heteroatoms. The lowest BCUT2D eigenvalue weighted by Gasteiger charge is -2.29. The molecule has 0 atom stereocenters. The first-order valence-electron chi connectivity index (χ1n) is 7.93. The average molecular weight is 365 g/mol. The van der Waals surface area contributed by atoms with E-state index in [1.807, 2.05) is 0 Å². The molecule has 1 saturated carbocycles. The Morgan fingerprint density at radius 3 is 2.54 bits per heavy atom. The van der Waals surface area contributed by atoms with Crippen LogP contribution in [0.25, 0.3) is 0 Å². The molecule has 1 aromatic rings. The van der Waals surface area contributed by atoms with Gasteiger partial charge < -0.3 is 10.1 Å². The first-order valence-corrected chi connectivity index (χ1v) is 8.47. The Labute approximate surface area is 143 Å². The van der Waals surface area contributed by atoms with Gasteiger partial charge in [0.25, 0.3) is 0 Å². The second-order valence-corrected chi connectivity index (χ2v) is 6.21. The Bertz CT molecular complexity index is 529. The van der Waals surface area contributed by atoms with Crippen molar-refractivity contribution in [3.8, 4) is 5.88 Å². The maximum atomic E-state index is 12.5. The van der Waals surface area contributed by atoms with E-state index in [2.05, 4.69) is 10.3 Å². The van der Waals surface area contributed by atoms with E-state index in [1.165, 1.54) is 6.07 Å². The molecule has 0 radical (unpaired) electrons. The Balaban J connectivity index is 1.76. The lowest BCUT2D eigenvalue weighted by molar-refractivity contribution is -0.137. The predicted molar refractivity (Wildman–Crippen MR) is 84.0 cm³/mol. The Morgan fingerprint density at radius 2 is 2.00 bits per heavy atom. The van der Waals surface area contributed by atoms with Crippen LogP contribution in [0, 0.1) is 0 Å². The van der Waals surface area contributed by atoms with Crippen molar-refractivity contribution in [1.82, 2.24) is 10.3 Å². The highest BCUT2D eigenvalue weighted by atomic mass is 35.5. The van der Waals surface area contributed by atoms with Crippen LogP contribution in [0.2, 0.25) is 0 Å². The third-order valence-electron chi connectivity index (χ3n) is 3.93. The minimum atomic E-state index is -4.40. The molecule has 24 heavy (non-hydrogen) atoms. The molecule has 1 N–H and O–H groups in total. The molecule has 0 aromatic carbocycles. The van der Waals surface area contributed by atoms with Crippen LogP contribution in [0.4, 0.5) is 13.2 Å². The number of carbonyl (C=O) groups excluding carboxylic acids is 1. The second-order valence-electron chi connectivity index (χ2n) is 5.83. The number of halogens is 4. The van der Waals surface area contributed by atoms with Crippen molar-refractivity contribution in [3.63, 3.8) is 0 Å². The molecule has 134 valence electrons. The third kappa shape index (κ3) is 5.85. The zero-order valence-corrected chi connectivity index (χ0v) is 13.9. The molecule has 2 rings (SSSR count). The fourth-order valence-corrected chi connectivity index (χ4v) is 2.77. The molecule has 0 spiro atoms. The number of hydrogen-bond acceptors (Lipinski definition) is 3. The number of carbonyl (C=O) groups is 1. The van der Waals surface area contributed by atoms with Gasteiger partial charge in [-0.3, -0.25) is 4.79 Å². The van der Waals surface area contributed by atoms with Crippen molar-refractivity contribution in [3.05, 3.63) is 23.9 Å². The van der Waals surface area contributed by atoms with Crippen LogP contribution in [0.3, 0.4) is 0 Å². The molecular weight excluding hydrogens is 345 g/mol. The molecule has 0 unspecified atom stereocenters. The van der Waals surface area contributed by atoms with Gasteiger partial charge in [0.2, 0.25) is 11.8 Å². The van der Waals surface area contributed by atoms with Crippen LogP contribution in [0.5, 0.6) is 5.88 Å². The van der Waals surface area contributed by atoms with E-state index in [-0.39, 0.29) is 23.9 Å². The van der Waals surface area contributed by atoms with E-state index in [1.54, 1.807) is 0 Å². The minimum Gasteiger partial charge on any atom is -0.474 e. The molecule has 1 heterocycles. The standard InChI is InChI=1S/C16H20ClF3N2O2/c17-9-1-2-14(23)22-12-4-6-13(7-5-12)24-15-8-3-11(10-21-15)16(18,19)20/h3,8,10,12-13H,1-2,4-7,9H2,(H,22,23). The monoisotopic (exact) mass is 364 g/mol. The maximum Gasteiger partial charge on any atom is 0.417 e. The van der Waals surface area contributed by atoms with Crippen molar-refractivity contribution in [2.75, 3.05) is 5.88 Å². The summed E-state index contributed by atoms with van der Waals surface area (Å²) in [5, 5.41) is 2.97. The average Bonchev–Trinajstić information content (AvgIpc) is 2.54. The number of ether oxygens (including phenoxy) is 1. The number of pyridine rings is 1. The highest BCUT2D eigenvalue weighted by Crippen LogP contribution is 2.30. The van der Waals surface area contributed by atoms with Gasteiger partial charge in [-0.1, -0.05) is 0 Å². The lowest BCUT2D eigenvalue weighted by atomic mass is 9.93. The molecule has 0 bridgehead atoms. The number of nitrogens with one attached hydrogen (secondary N) is 1. The number of nitrogens with zero attached hydrogens (tertiary/aromatic N) is 1. The number of alkyl halides is 4. The third-order valence-corrected chi connectivity index (χ3v) is 4.20. The van der Waals surface area contributed by atoms with Gasteiger partial charge in [-0.25, -0.2) is 4.98 Å². The summed E-state index contributed by atoms with van der Waals surface area (Å²) in [6.45, 7) is 0. The summed E-state index contributed by atoms with van der Waals surface area (Å²) in [5.41, 5.74) is -0.793. The first-order chi connectivity index (χ1) is 11.4. The van der Waals surface area contributed by atoms with Gasteiger partial charge in [-0.2, -0.15) is 13.2 Å². The number of rotatable bonds is 6. The molecule has 1 aliphatic rings. The number of aromatic nitrogens is 1. The highest BCUT2D eigenvalue weighted by molar-refractivity contribution is 6.17. The van der Waals surface area contributed by atoms with Gasteiger partial charge in [0.1, 0.15) is 6.10 Å². The highest BCUT2D eigenvalue weighted by Gasteiger charge is 2.31. The topological polar surface area (TPSA) is 51.2 Å². The Morgan fingerprint density at radius 1 is 1.29 bits per heavy atom. The normalized spacial score (nSPS) is 21.3. The maximum absolute atomic E-state index is 12.5. The lowest BCUT2D eigenvalue weighted by Crippen LogP contribution is -2.39. The zero-order chi connectivity index (χ0) is 17.6. The van der Waals surface area contributed by atoms with Crippen molar-refractivity contribution in [2.45, 2.75) is 56.8 Å². The van der Waals surface area contributed by atoms with Crippen molar-refractivity contribution in [2.24, 2.45) is 0 Å². The fraction of sp³-hybridized carbons (Fsp3) is 0.625. The second kappa shape index (κ2) is 8.55. The number of amides is 1. The van der Waals surface area contributed by atoms with Crippen molar-refractivity contribution >= 4 is 17.5 Å². The minimum absolute atomic E-state index is 0.00410. The predicted octanol–water partition coefficient (Wildman–Crippen LogP) is 3.93. The summed E-state index contributed by atoms with van der Waals surface area (Å²) in [6, 6.07) is 2.32. The summed E-state index contributed by atoms with van der Waals surface area (Å²) >= 11 is 5.55. The molecule has 1 aromatic heterocycles. The SMILES string of the molecule is O=C(CCCCl)NC1CCC(Oc2ccc(C(F)(F)F)cn2)CC1. The molecule has 4 nitrogen and oxygen atoms in total. The quantitative estimate of drug-likeness (QED) is 0.778. The summed E-state index contributed by atoms with van der Waals surface area (Å²) in [5.74, 6) is 0.663. The van der Waals surface area contributed by atoms with Crippen LogP contribution in [-0.2, 0) is 11.0 Å². The van der Waals surface area contributed by atoms with E-state index in [0.29, 0.717) is 18.7 Å². The van der Waals surface area contributed by atoms with Crippen LogP contribution >= 0.6 is 11.6 Å². The van der Waals surface area contributed by atoms with E-state index in [9.17, 15) is 18.0 Å². The van der Waals surface area contributed by atoms with Gasteiger partial charge in [-0.05, 0) is 38.2 Å². The van der Waals surface area contributed by atoms with Crippen molar-refractivity contribution < 1.29 is 22.7 Å². The van der Waals surface area contributed by atoms with Crippen LogP contribution in [-0.4, -0.2) is 28.9 Å². The fourth-order valence-electron chi connectivity index (χ4n) is 2.64. The summed E-state index contributed by atoms with van der Waals surface area (Å²) < 4.78 is 43.1. The van der Waals surface area contributed by atoms with Gasteiger partial charge in [0.05, 0.1) is 5.56 Å². The molecule has 1 amide bonds. The van der Waals surface area contributed by atoms with Gasteiger partial charge in [0.15, 0.2) is 0 Å². The first kappa shape index (κ1) is 18.8. The molecular formula is C16H20ClF3N2O2. The van der Waals surface area contributed by atoms with Crippen molar-refractivity contribution in [1.29, 1.82) is 0 Å². The Hall–Kier alpha value is -1.50. The van der Waals surface area contributed by atoms with Gasteiger partial charge in [0, 0.05) is 30.6 Å². The van der Waals surface area contributed by atoms with Gasteiger partial charge >= 0.3 is 6.18 Å². The smallest absolute Gasteiger partial charge is 0.417 e. The van der Waals surface area contributed by atoms with E-state index < -0.39 is 11.7 Å². The molecule has 1 fully saturated rings. The van der Waals surface area contributed by atoms with Crippen LogP contribution in [0.15, 0.2) is 18.3 Å². The summed E-state index contributed by atoms with van der Waals surface area (Å²) in [7, 11) is 0. The van der Waals surface area contributed by atoms with E-state index in [0.717, 1.165) is 37.9 Å². The molecule has 0 saturated heterocycles. The summed E-state index contributed by atoms with van der Waals surface area (Å²) in [4.78, 5) is 15.4. The Kier molecular flexibility index (Phi) is 6.71. The zero-order valence-electron chi connectivity index (χ0n) is 13.1. The van der Waals surface area contributed by atoms with Gasteiger partial charge in [-0.15, -0.1) is 11.6 Å². The van der Waals surface area contributed by atoms with Crippen LogP contribution in [0.1, 0.15) is 44.1 Å². The van der Waals surface area contributed by atoms with E-state index >= 15 is 0 Å². The van der Waals surface area contributed by atoms with E-state index in [4.69, 9.17) is 16.3 Å². The largest absolute Gasteiger partial charge is 0.474 e. The molecule has 1 aliphatic carbocycles. The number of hydrogen-bond donors (Lipinski definition) is 1. The summed E-state index contributed by atoms with van der Waals surface area (Å²) in [6.07, 6.45) is 0.372. The van der Waals surface area contributed by atoms with Crippen LogP contribution < -0.4 is 10.1 Å². The molecule has 0 aliphatic heterocycles.